The summed E-state index contributed by atoms with van der Waals surface area (Å²) in [6.45, 7) is 5.72. The SMILES string of the molecule is C[NH2+]CCOP(=O)([O-])OC(C)(C)C. The molecule has 0 spiro atoms. The van der Waals surface area contributed by atoms with Crippen LogP contribution in [0, 0.1) is 0 Å². The molecule has 1 unspecified atom stereocenters. The zero-order valence-corrected chi connectivity index (χ0v) is 9.47. The molecular weight excluding hydrogens is 193 g/mol. The van der Waals surface area contributed by atoms with Gasteiger partial charge in [-0.3, -0.25) is 4.57 Å². The number of rotatable bonds is 5. The number of phosphoric ester groups is 1. The first-order valence-electron chi connectivity index (χ1n) is 4.21. The van der Waals surface area contributed by atoms with Crippen molar-refractivity contribution in [2.24, 2.45) is 0 Å². The molecule has 0 aromatic rings. The molecular formula is C7H18NO4P. The molecule has 0 aliphatic rings. The Bertz CT molecular complexity index is 189. The van der Waals surface area contributed by atoms with E-state index in [4.69, 9.17) is 4.52 Å². The molecule has 1 atom stereocenters. The van der Waals surface area contributed by atoms with Crippen LogP contribution in [0.1, 0.15) is 20.8 Å². The van der Waals surface area contributed by atoms with Crippen LogP contribution in [0.4, 0.5) is 0 Å². The van der Waals surface area contributed by atoms with Gasteiger partial charge >= 0.3 is 0 Å². The second-order valence-corrected chi connectivity index (χ2v) is 5.02. The van der Waals surface area contributed by atoms with Gasteiger partial charge in [0.15, 0.2) is 0 Å². The van der Waals surface area contributed by atoms with E-state index in [2.05, 4.69) is 4.52 Å². The van der Waals surface area contributed by atoms with E-state index in [9.17, 15) is 9.46 Å². The van der Waals surface area contributed by atoms with Crippen LogP contribution < -0.4 is 10.2 Å². The maximum absolute atomic E-state index is 11.1. The van der Waals surface area contributed by atoms with Crippen LogP contribution in [-0.2, 0) is 13.6 Å². The lowest BCUT2D eigenvalue weighted by molar-refractivity contribution is -0.628. The highest BCUT2D eigenvalue weighted by Crippen LogP contribution is 2.42. The van der Waals surface area contributed by atoms with Crippen molar-refractivity contribution in [3.8, 4) is 0 Å². The van der Waals surface area contributed by atoms with E-state index >= 15 is 0 Å². The van der Waals surface area contributed by atoms with E-state index in [-0.39, 0.29) is 6.61 Å². The molecule has 5 nitrogen and oxygen atoms in total. The molecule has 0 saturated carbocycles. The predicted molar refractivity (Wildman–Crippen MR) is 47.1 cm³/mol. The minimum absolute atomic E-state index is 0.146. The molecule has 13 heavy (non-hydrogen) atoms. The van der Waals surface area contributed by atoms with Crippen LogP contribution in [0.5, 0.6) is 0 Å². The Kier molecular flexibility index (Phi) is 5.10. The van der Waals surface area contributed by atoms with E-state index in [0.29, 0.717) is 6.54 Å². The van der Waals surface area contributed by atoms with Gasteiger partial charge in [-0.1, -0.05) is 0 Å². The lowest BCUT2D eigenvalue weighted by Crippen LogP contribution is -2.80. The quantitative estimate of drug-likeness (QED) is 0.490. The summed E-state index contributed by atoms with van der Waals surface area (Å²) < 4.78 is 20.4. The Hall–Kier alpha value is 0.0700. The average molecular weight is 211 g/mol. The Morgan fingerprint density at radius 2 is 2.00 bits per heavy atom. The van der Waals surface area contributed by atoms with Crippen LogP contribution in [0.2, 0.25) is 0 Å². The topological polar surface area (TPSA) is 75.2 Å². The zero-order chi connectivity index (χ0) is 10.5. The molecule has 0 radical (unpaired) electrons. The maximum Gasteiger partial charge on any atom is 0.268 e. The highest BCUT2D eigenvalue weighted by atomic mass is 31.2. The summed E-state index contributed by atoms with van der Waals surface area (Å²) in [4.78, 5) is 11.1. The molecule has 0 amide bonds. The van der Waals surface area contributed by atoms with E-state index in [1.165, 1.54) is 0 Å². The van der Waals surface area contributed by atoms with Crippen molar-refractivity contribution in [1.82, 2.24) is 0 Å². The third-order valence-corrected chi connectivity index (χ3v) is 2.31. The summed E-state index contributed by atoms with van der Waals surface area (Å²) in [5.74, 6) is 0. The monoisotopic (exact) mass is 211 g/mol. The summed E-state index contributed by atoms with van der Waals surface area (Å²) in [6.07, 6.45) is 0. The fourth-order valence-corrected chi connectivity index (χ4v) is 1.70. The first-order valence-corrected chi connectivity index (χ1v) is 5.67. The largest absolute Gasteiger partial charge is 0.756 e. The van der Waals surface area contributed by atoms with Crippen molar-refractivity contribution in [1.29, 1.82) is 0 Å². The predicted octanol–water partition coefficient (Wildman–Crippen LogP) is -0.520. The van der Waals surface area contributed by atoms with Gasteiger partial charge in [-0.25, -0.2) is 0 Å². The van der Waals surface area contributed by atoms with Crippen molar-refractivity contribution >= 4 is 7.82 Å². The van der Waals surface area contributed by atoms with Crippen molar-refractivity contribution in [2.75, 3.05) is 20.2 Å². The maximum atomic E-state index is 11.1. The minimum atomic E-state index is -4.11. The molecule has 0 heterocycles. The number of quaternary nitrogens is 1. The smallest absolute Gasteiger partial charge is 0.268 e. The summed E-state index contributed by atoms with van der Waals surface area (Å²) in [7, 11) is -2.28. The van der Waals surface area contributed by atoms with Crippen molar-refractivity contribution < 1.29 is 23.8 Å². The molecule has 0 rings (SSSR count). The van der Waals surface area contributed by atoms with Gasteiger partial charge in [0, 0.05) is 0 Å². The Morgan fingerprint density at radius 3 is 2.38 bits per heavy atom. The van der Waals surface area contributed by atoms with Gasteiger partial charge in [0.25, 0.3) is 7.82 Å². The Morgan fingerprint density at radius 1 is 1.46 bits per heavy atom. The Balaban J connectivity index is 3.88. The molecule has 0 aromatic heterocycles. The van der Waals surface area contributed by atoms with Gasteiger partial charge < -0.3 is 19.3 Å². The minimum Gasteiger partial charge on any atom is -0.756 e. The van der Waals surface area contributed by atoms with Crippen molar-refractivity contribution in [2.45, 2.75) is 26.4 Å². The molecule has 80 valence electrons. The highest BCUT2D eigenvalue weighted by molar-refractivity contribution is 7.45. The lowest BCUT2D eigenvalue weighted by atomic mass is 10.2. The van der Waals surface area contributed by atoms with Gasteiger partial charge in [0.1, 0.15) is 6.61 Å². The van der Waals surface area contributed by atoms with E-state index < -0.39 is 13.4 Å². The summed E-state index contributed by atoms with van der Waals surface area (Å²) in [5.41, 5.74) is -0.729. The van der Waals surface area contributed by atoms with Gasteiger partial charge in [0.2, 0.25) is 0 Å². The number of hydrogen-bond acceptors (Lipinski definition) is 4. The van der Waals surface area contributed by atoms with Crippen LogP contribution >= 0.6 is 7.82 Å². The second-order valence-electron chi connectivity index (χ2n) is 3.68. The molecule has 2 N–H and O–H groups in total. The highest BCUT2D eigenvalue weighted by Gasteiger charge is 2.20. The number of phosphoric acid groups is 1. The average Bonchev–Trinajstić information content (AvgIpc) is 1.81. The first kappa shape index (κ1) is 13.1. The lowest BCUT2D eigenvalue weighted by Gasteiger charge is -2.30. The van der Waals surface area contributed by atoms with Gasteiger partial charge in [-0.05, 0) is 20.8 Å². The fourth-order valence-electron chi connectivity index (χ4n) is 0.644. The molecule has 6 heteroatoms. The van der Waals surface area contributed by atoms with Crippen LogP contribution in [0.15, 0.2) is 0 Å². The number of hydrogen-bond donors (Lipinski definition) is 1. The van der Waals surface area contributed by atoms with Crippen LogP contribution in [0.25, 0.3) is 0 Å². The van der Waals surface area contributed by atoms with Gasteiger partial charge in [-0.2, -0.15) is 0 Å². The molecule has 0 saturated heterocycles. The summed E-state index contributed by atoms with van der Waals surface area (Å²) >= 11 is 0. The summed E-state index contributed by atoms with van der Waals surface area (Å²) in [6, 6.07) is 0. The third-order valence-electron chi connectivity index (χ3n) is 1.04. The van der Waals surface area contributed by atoms with Gasteiger partial charge in [-0.15, -0.1) is 0 Å². The number of likely N-dealkylation sites (N-methyl/N-ethyl adjacent to an activating group) is 1. The van der Waals surface area contributed by atoms with E-state index in [1.807, 2.05) is 12.4 Å². The van der Waals surface area contributed by atoms with E-state index in [0.717, 1.165) is 0 Å². The van der Waals surface area contributed by atoms with Crippen molar-refractivity contribution in [3.63, 3.8) is 0 Å². The van der Waals surface area contributed by atoms with E-state index in [1.54, 1.807) is 20.8 Å². The standard InChI is InChI=1S/C7H18NO4P/c1-7(2,3)12-13(9,10)11-6-5-8-4/h8H,5-6H2,1-4H3,(H,9,10). The summed E-state index contributed by atoms with van der Waals surface area (Å²) in [5, 5.41) is 1.83. The van der Waals surface area contributed by atoms with Crippen molar-refractivity contribution in [3.05, 3.63) is 0 Å². The Labute approximate surface area is 79.0 Å². The molecule has 0 aromatic carbocycles. The first-order chi connectivity index (χ1) is 5.77. The zero-order valence-electron chi connectivity index (χ0n) is 8.57. The molecule has 0 fully saturated rings. The second kappa shape index (κ2) is 5.08. The molecule has 0 bridgehead atoms. The molecule has 0 aliphatic heterocycles. The van der Waals surface area contributed by atoms with Crippen LogP contribution in [-0.4, -0.2) is 25.8 Å². The van der Waals surface area contributed by atoms with Crippen LogP contribution in [0.3, 0.4) is 0 Å². The third kappa shape index (κ3) is 8.40. The molecule has 0 aliphatic carbocycles. The van der Waals surface area contributed by atoms with Gasteiger partial charge in [0.05, 0.1) is 19.2 Å². The fraction of sp³-hybridized carbons (Fsp3) is 1.00. The number of nitrogens with two attached hydrogens (primary N) is 1. The normalized spacial score (nSPS) is 17.0.